The molecule has 1 N–H and O–H groups in total. The van der Waals surface area contributed by atoms with Gasteiger partial charge >= 0.3 is 0 Å². The molecule has 0 saturated carbocycles. The number of H-pyrrole nitrogens is 1. The maximum Gasteiger partial charge on any atom is 0.181 e. The van der Waals surface area contributed by atoms with Crippen LogP contribution in [0.1, 0.15) is 29.5 Å². The monoisotopic (exact) mass is 520 g/mol. The number of aromatic amines is 1. The molecule has 0 aliphatic carbocycles. The predicted molar refractivity (Wildman–Crippen MR) is 135 cm³/mol. The second-order valence-electron chi connectivity index (χ2n) is 8.89. The number of aromatic nitrogens is 3. The second-order valence-corrected chi connectivity index (χ2v) is 9.74. The molecular formula is C27H26BrFN4O. The van der Waals surface area contributed by atoms with E-state index < -0.39 is 5.60 Å². The molecule has 5 nitrogen and oxygen atoms in total. The maximum absolute atomic E-state index is 13.7. The van der Waals surface area contributed by atoms with Crippen molar-refractivity contribution in [3.8, 4) is 22.8 Å². The largest absolute Gasteiger partial charge is 0.361 e. The highest BCUT2D eigenvalue weighted by atomic mass is 79.9. The molecule has 2 heterocycles. The van der Waals surface area contributed by atoms with E-state index in [1.807, 2.05) is 42.5 Å². The molecule has 0 spiro atoms. The van der Waals surface area contributed by atoms with Crippen molar-refractivity contribution in [1.82, 2.24) is 20.1 Å². The van der Waals surface area contributed by atoms with E-state index in [1.54, 1.807) is 0 Å². The number of ether oxygens (including phenoxy) is 1. The van der Waals surface area contributed by atoms with Gasteiger partial charge in [-0.3, -0.25) is 5.10 Å². The lowest BCUT2D eigenvalue weighted by atomic mass is 9.81. The fourth-order valence-corrected chi connectivity index (χ4v) is 5.12. The van der Waals surface area contributed by atoms with Gasteiger partial charge in [0.1, 0.15) is 11.4 Å². The third-order valence-electron chi connectivity index (χ3n) is 6.33. The Morgan fingerprint density at radius 1 is 1.09 bits per heavy atom. The lowest BCUT2D eigenvalue weighted by molar-refractivity contribution is -0.0140. The Labute approximate surface area is 207 Å². The standard InChI is InChI=1S/C27H26BrFN4O/c1-33(2)15-5-14-27(20-9-11-21(29)12-10-20)23-13-8-18(16-19(23)17-34-27)25-30-26(32-31-25)22-6-3-4-7-24(22)28/h3-4,6-13,16H,5,14-15,17H2,1-2H3,(H,30,31,32)/t27-/m0/s1. The number of nitrogens with zero attached hydrogens (tertiary/aromatic N) is 3. The predicted octanol–water partition coefficient (Wildman–Crippen LogP) is 6.16. The number of hydrogen-bond acceptors (Lipinski definition) is 4. The third-order valence-corrected chi connectivity index (χ3v) is 7.02. The number of benzene rings is 3. The normalized spacial score (nSPS) is 17.3. The van der Waals surface area contributed by atoms with Gasteiger partial charge in [-0.05, 0) is 74.4 Å². The molecule has 3 aromatic carbocycles. The third kappa shape index (κ3) is 4.31. The van der Waals surface area contributed by atoms with Crippen LogP contribution < -0.4 is 0 Å². The lowest BCUT2D eigenvalue weighted by Crippen LogP contribution is -2.28. The van der Waals surface area contributed by atoms with Gasteiger partial charge in [0, 0.05) is 15.6 Å². The molecule has 4 aromatic rings. The Morgan fingerprint density at radius 2 is 1.88 bits per heavy atom. The summed E-state index contributed by atoms with van der Waals surface area (Å²) >= 11 is 3.58. The van der Waals surface area contributed by atoms with E-state index in [4.69, 9.17) is 9.72 Å². The summed E-state index contributed by atoms with van der Waals surface area (Å²) < 4.78 is 21.1. The summed E-state index contributed by atoms with van der Waals surface area (Å²) in [6.07, 6.45) is 1.78. The van der Waals surface area contributed by atoms with Gasteiger partial charge < -0.3 is 9.64 Å². The zero-order valence-corrected chi connectivity index (χ0v) is 20.8. The van der Waals surface area contributed by atoms with Crippen LogP contribution >= 0.6 is 15.9 Å². The fraction of sp³-hybridized carbons (Fsp3) is 0.259. The van der Waals surface area contributed by atoms with E-state index in [0.717, 1.165) is 51.7 Å². The van der Waals surface area contributed by atoms with Crippen LogP contribution in [0, 0.1) is 5.82 Å². The summed E-state index contributed by atoms with van der Waals surface area (Å²) in [7, 11) is 4.14. The first-order chi connectivity index (χ1) is 16.5. The Balaban J connectivity index is 1.49. The van der Waals surface area contributed by atoms with Crippen molar-refractivity contribution in [1.29, 1.82) is 0 Å². The molecule has 1 aromatic heterocycles. The summed E-state index contributed by atoms with van der Waals surface area (Å²) in [6.45, 7) is 1.44. The van der Waals surface area contributed by atoms with Crippen LogP contribution in [0.25, 0.3) is 22.8 Å². The van der Waals surface area contributed by atoms with Crippen molar-refractivity contribution in [2.45, 2.75) is 25.0 Å². The average Bonchev–Trinajstić information content (AvgIpc) is 3.46. The van der Waals surface area contributed by atoms with Crippen LogP contribution in [-0.4, -0.2) is 40.7 Å². The minimum Gasteiger partial charge on any atom is -0.361 e. The molecule has 7 heteroatoms. The molecule has 0 bridgehead atoms. The van der Waals surface area contributed by atoms with Crippen LogP contribution in [0.4, 0.5) is 4.39 Å². The van der Waals surface area contributed by atoms with Crippen LogP contribution in [0.2, 0.25) is 0 Å². The van der Waals surface area contributed by atoms with E-state index in [-0.39, 0.29) is 5.82 Å². The van der Waals surface area contributed by atoms with E-state index in [1.165, 1.54) is 12.1 Å². The van der Waals surface area contributed by atoms with E-state index in [9.17, 15) is 4.39 Å². The number of nitrogens with one attached hydrogen (secondary N) is 1. The van der Waals surface area contributed by atoms with Crippen LogP contribution in [0.5, 0.6) is 0 Å². The van der Waals surface area contributed by atoms with Gasteiger partial charge in [0.05, 0.1) is 6.61 Å². The van der Waals surface area contributed by atoms with Gasteiger partial charge in [0.15, 0.2) is 11.6 Å². The second kappa shape index (κ2) is 9.41. The highest BCUT2D eigenvalue weighted by molar-refractivity contribution is 9.10. The van der Waals surface area contributed by atoms with Gasteiger partial charge in [-0.1, -0.05) is 58.4 Å². The molecule has 0 saturated heterocycles. The maximum atomic E-state index is 13.7. The van der Waals surface area contributed by atoms with Crippen molar-refractivity contribution >= 4 is 15.9 Å². The van der Waals surface area contributed by atoms with E-state index in [2.05, 4.69) is 57.3 Å². The minimum atomic E-state index is -0.587. The molecule has 0 amide bonds. The highest BCUT2D eigenvalue weighted by Crippen LogP contribution is 2.46. The van der Waals surface area contributed by atoms with Crippen molar-refractivity contribution in [3.05, 3.63) is 93.7 Å². The van der Waals surface area contributed by atoms with Crippen molar-refractivity contribution < 1.29 is 9.13 Å². The van der Waals surface area contributed by atoms with Crippen molar-refractivity contribution in [2.75, 3.05) is 20.6 Å². The number of halogens is 2. The molecule has 34 heavy (non-hydrogen) atoms. The fourth-order valence-electron chi connectivity index (χ4n) is 4.64. The minimum absolute atomic E-state index is 0.244. The summed E-state index contributed by atoms with van der Waals surface area (Å²) in [5.74, 6) is 1.11. The molecule has 174 valence electrons. The topological polar surface area (TPSA) is 54.0 Å². The number of hydrogen-bond donors (Lipinski definition) is 1. The van der Waals surface area contributed by atoms with Gasteiger partial charge in [0.2, 0.25) is 0 Å². The van der Waals surface area contributed by atoms with E-state index in [0.29, 0.717) is 18.3 Å². The molecule has 0 radical (unpaired) electrons. The first-order valence-corrected chi connectivity index (χ1v) is 12.1. The Hall–Kier alpha value is -2.87. The summed E-state index contributed by atoms with van der Waals surface area (Å²) in [6, 6.07) is 20.9. The van der Waals surface area contributed by atoms with E-state index >= 15 is 0 Å². The molecule has 1 atom stereocenters. The first-order valence-electron chi connectivity index (χ1n) is 11.3. The Morgan fingerprint density at radius 3 is 2.65 bits per heavy atom. The molecular weight excluding hydrogens is 495 g/mol. The summed E-state index contributed by atoms with van der Waals surface area (Å²) in [5.41, 5.74) is 4.52. The van der Waals surface area contributed by atoms with Gasteiger partial charge in [0.25, 0.3) is 0 Å². The Bertz CT molecular complexity index is 1300. The number of fused-ring (bicyclic) bond motifs is 1. The number of rotatable bonds is 7. The molecule has 0 fully saturated rings. The van der Waals surface area contributed by atoms with Gasteiger partial charge in [-0.25, -0.2) is 9.37 Å². The first kappa shape index (κ1) is 22.9. The van der Waals surface area contributed by atoms with Crippen molar-refractivity contribution in [3.63, 3.8) is 0 Å². The zero-order chi connectivity index (χ0) is 23.7. The molecule has 1 aliphatic heterocycles. The van der Waals surface area contributed by atoms with Crippen molar-refractivity contribution in [2.24, 2.45) is 0 Å². The van der Waals surface area contributed by atoms with Gasteiger partial charge in [-0.2, -0.15) is 5.10 Å². The quantitative estimate of drug-likeness (QED) is 0.317. The van der Waals surface area contributed by atoms with Crippen LogP contribution in [0.3, 0.4) is 0 Å². The SMILES string of the molecule is CN(C)CCC[C@@]1(c2ccc(F)cc2)OCc2cc(-c3n[nH]c(-c4ccccc4Br)n3)ccc21. The lowest BCUT2D eigenvalue weighted by Gasteiger charge is -2.31. The zero-order valence-electron chi connectivity index (χ0n) is 19.2. The highest BCUT2D eigenvalue weighted by Gasteiger charge is 2.41. The molecule has 1 aliphatic rings. The molecule has 5 rings (SSSR count). The van der Waals surface area contributed by atoms with Crippen LogP contribution in [0.15, 0.2) is 71.2 Å². The molecule has 0 unspecified atom stereocenters. The smallest absolute Gasteiger partial charge is 0.181 e. The van der Waals surface area contributed by atoms with Gasteiger partial charge in [-0.15, -0.1) is 0 Å². The van der Waals surface area contributed by atoms with Crippen LogP contribution in [-0.2, 0) is 16.9 Å². The average molecular weight is 521 g/mol. The summed E-state index contributed by atoms with van der Waals surface area (Å²) in [5, 5.41) is 7.51. The Kier molecular flexibility index (Phi) is 6.34. The summed E-state index contributed by atoms with van der Waals surface area (Å²) in [4.78, 5) is 6.90.